The molecule has 4 heteroatoms. The Hall–Kier alpha value is -2.20. The van der Waals surface area contributed by atoms with E-state index in [2.05, 4.69) is 44.1 Å². The van der Waals surface area contributed by atoms with Crippen LogP contribution in [-0.2, 0) is 6.54 Å². The molecule has 1 aliphatic rings. The van der Waals surface area contributed by atoms with Gasteiger partial charge in [0.25, 0.3) is 0 Å². The summed E-state index contributed by atoms with van der Waals surface area (Å²) in [6.45, 7) is 1.92. The number of nitrogens with zero attached hydrogens (tertiary/aromatic N) is 3. The summed E-state index contributed by atoms with van der Waals surface area (Å²) in [4.78, 5) is 8.89. The first-order valence-corrected chi connectivity index (χ1v) is 7.48. The molecular weight excluding hydrogens is 260 g/mol. The van der Waals surface area contributed by atoms with E-state index in [4.69, 9.17) is 0 Å². The normalized spacial score (nSPS) is 18.4. The standard InChI is InChI=1S/C17H18N4/c1-4-13-6-2-9-20-17(13)14(5-1)11-21-12-18-10-16(21)15-7-3-8-19-15/h1-2,4-6,9-10,12,15,19H,3,7-8,11H2. The predicted molar refractivity (Wildman–Crippen MR) is 83.0 cm³/mol. The van der Waals surface area contributed by atoms with Gasteiger partial charge in [0.2, 0.25) is 0 Å². The van der Waals surface area contributed by atoms with Crippen molar-refractivity contribution in [3.63, 3.8) is 0 Å². The Morgan fingerprint density at radius 2 is 2.19 bits per heavy atom. The first-order valence-electron chi connectivity index (χ1n) is 7.48. The Kier molecular flexibility index (Phi) is 3.16. The monoisotopic (exact) mass is 278 g/mol. The second-order valence-corrected chi connectivity index (χ2v) is 5.59. The molecule has 1 N–H and O–H groups in total. The summed E-state index contributed by atoms with van der Waals surface area (Å²) < 4.78 is 2.24. The van der Waals surface area contributed by atoms with Gasteiger partial charge in [-0.2, -0.15) is 0 Å². The van der Waals surface area contributed by atoms with Gasteiger partial charge in [-0.25, -0.2) is 4.98 Å². The molecule has 0 spiro atoms. The fourth-order valence-corrected chi connectivity index (χ4v) is 3.17. The highest BCUT2D eigenvalue weighted by Crippen LogP contribution is 2.24. The van der Waals surface area contributed by atoms with Crippen molar-refractivity contribution in [3.05, 3.63) is 60.3 Å². The summed E-state index contributed by atoms with van der Waals surface area (Å²) >= 11 is 0. The van der Waals surface area contributed by atoms with Crippen LogP contribution in [-0.4, -0.2) is 21.1 Å². The zero-order valence-electron chi connectivity index (χ0n) is 11.9. The van der Waals surface area contributed by atoms with Crippen LogP contribution in [0.25, 0.3) is 10.9 Å². The lowest BCUT2D eigenvalue weighted by Crippen LogP contribution is -2.17. The fraction of sp³-hybridized carbons (Fsp3) is 0.294. The summed E-state index contributed by atoms with van der Waals surface area (Å²) in [5.74, 6) is 0. The molecule has 4 rings (SSSR count). The highest BCUT2D eigenvalue weighted by molar-refractivity contribution is 5.81. The van der Waals surface area contributed by atoms with E-state index in [-0.39, 0.29) is 0 Å². The fourth-order valence-electron chi connectivity index (χ4n) is 3.17. The molecule has 0 amide bonds. The van der Waals surface area contributed by atoms with E-state index in [0.29, 0.717) is 6.04 Å². The number of aromatic nitrogens is 3. The number of hydrogen-bond donors (Lipinski definition) is 1. The van der Waals surface area contributed by atoms with Crippen LogP contribution >= 0.6 is 0 Å². The number of rotatable bonds is 3. The highest BCUT2D eigenvalue weighted by atomic mass is 15.1. The van der Waals surface area contributed by atoms with Crippen molar-refractivity contribution in [2.75, 3.05) is 6.54 Å². The Morgan fingerprint density at radius 1 is 1.24 bits per heavy atom. The van der Waals surface area contributed by atoms with Gasteiger partial charge in [-0.3, -0.25) is 4.98 Å². The lowest BCUT2D eigenvalue weighted by molar-refractivity contribution is 0.585. The van der Waals surface area contributed by atoms with E-state index >= 15 is 0 Å². The van der Waals surface area contributed by atoms with Gasteiger partial charge in [-0.1, -0.05) is 24.3 Å². The quantitative estimate of drug-likeness (QED) is 0.801. The number of imidazole rings is 1. The molecule has 0 bridgehead atoms. The number of pyridine rings is 1. The third kappa shape index (κ3) is 2.32. The molecule has 1 aromatic carbocycles. The van der Waals surface area contributed by atoms with Gasteiger partial charge in [0, 0.05) is 23.8 Å². The number of fused-ring (bicyclic) bond motifs is 1. The van der Waals surface area contributed by atoms with Gasteiger partial charge in [0.1, 0.15) is 0 Å². The summed E-state index contributed by atoms with van der Waals surface area (Å²) in [7, 11) is 0. The van der Waals surface area contributed by atoms with E-state index in [1.807, 2.05) is 24.8 Å². The van der Waals surface area contributed by atoms with Crippen molar-refractivity contribution in [3.8, 4) is 0 Å². The Labute approximate surface area is 123 Å². The van der Waals surface area contributed by atoms with Crippen LogP contribution in [0.2, 0.25) is 0 Å². The largest absolute Gasteiger partial charge is 0.329 e. The predicted octanol–water partition coefficient (Wildman–Crippen LogP) is 2.90. The maximum absolute atomic E-state index is 4.54. The molecule has 1 atom stereocenters. The first-order chi connectivity index (χ1) is 10.4. The van der Waals surface area contributed by atoms with E-state index in [1.54, 1.807) is 0 Å². The summed E-state index contributed by atoms with van der Waals surface area (Å²) in [5.41, 5.74) is 3.60. The molecule has 3 aromatic rings. The third-order valence-electron chi connectivity index (χ3n) is 4.22. The van der Waals surface area contributed by atoms with Crippen LogP contribution in [0.1, 0.15) is 30.1 Å². The van der Waals surface area contributed by atoms with Gasteiger partial charge < -0.3 is 9.88 Å². The van der Waals surface area contributed by atoms with Gasteiger partial charge in [-0.05, 0) is 31.0 Å². The third-order valence-corrected chi connectivity index (χ3v) is 4.22. The molecule has 3 heterocycles. The van der Waals surface area contributed by atoms with Crippen LogP contribution in [0.3, 0.4) is 0 Å². The summed E-state index contributed by atoms with van der Waals surface area (Å²) in [5, 5.41) is 4.74. The zero-order chi connectivity index (χ0) is 14.1. The molecule has 1 saturated heterocycles. The molecule has 4 nitrogen and oxygen atoms in total. The number of para-hydroxylation sites is 1. The second kappa shape index (κ2) is 5.30. The molecule has 1 aliphatic heterocycles. The lowest BCUT2D eigenvalue weighted by atomic mass is 10.1. The van der Waals surface area contributed by atoms with Crippen LogP contribution in [0.4, 0.5) is 0 Å². The summed E-state index contributed by atoms with van der Waals surface area (Å²) in [6.07, 6.45) is 8.21. The van der Waals surface area contributed by atoms with Crippen LogP contribution in [0, 0.1) is 0 Å². The highest BCUT2D eigenvalue weighted by Gasteiger charge is 2.19. The van der Waals surface area contributed by atoms with Gasteiger partial charge in [-0.15, -0.1) is 0 Å². The molecule has 0 saturated carbocycles. The van der Waals surface area contributed by atoms with E-state index in [1.165, 1.54) is 29.5 Å². The number of benzene rings is 1. The van der Waals surface area contributed by atoms with Crippen molar-refractivity contribution in [1.29, 1.82) is 0 Å². The summed E-state index contributed by atoms with van der Waals surface area (Å²) in [6, 6.07) is 10.9. The lowest BCUT2D eigenvalue weighted by Gasteiger charge is -2.14. The average Bonchev–Trinajstić information content (AvgIpc) is 3.18. The molecular formula is C17H18N4. The van der Waals surface area contributed by atoms with Crippen molar-refractivity contribution in [2.24, 2.45) is 0 Å². The van der Waals surface area contributed by atoms with Crippen molar-refractivity contribution in [1.82, 2.24) is 19.9 Å². The van der Waals surface area contributed by atoms with Crippen LogP contribution in [0.5, 0.6) is 0 Å². The minimum atomic E-state index is 0.440. The molecule has 106 valence electrons. The Bertz CT molecular complexity index is 751. The molecule has 0 aliphatic carbocycles. The smallest absolute Gasteiger partial charge is 0.0951 e. The molecule has 2 aromatic heterocycles. The first kappa shape index (κ1) is 12.5. The molecule has 21 heavy (non-hydrogen) atoms. The van der Waals surface area contributed by atoms with Gasteiger partial charge in [0.05, 0.1) is 24.1 Å². The van der Waals surface area contributed by atoms with Crippen molar-refractivity contribution in [2.45, 2.75) is 25.4 Å². The van der Waals surface area contributed by atoms with Gasteiger partial charge >= 0.3 is 0 Å². The Morgan fingerprint density at radius 3 is 3.10 bits per heavy atom. The van der Waals surface area contributed by atoms with Crippen molar-refractivity contribution < 1.29 is 0 Å². The van der Waals surface area contributed by atoms with E-state index in [0.717, 1.165) is 18.6 Å². The number of hydrogen-bond acceptors (Lipinski definition) is 3. The molecule has 1 fully saturated rings. The van der Waals surface area contributed by atoms with E-state index in [9.17, 15) is 0 Å². The number of nitrogens with one attached hydrogen (secondary N) is 1. The zero-order valence-corrected chi connectivity index (χ0v) is 11.9. The molecule has 1 unspecified atom stereocenters. The topological polar surface area (TPSA) is 42.7 Å². The maximum Gasteiger partial charge on any atom is 0.0951 e. The van der Waals surface area contributed by atoms with Gasteiger partial charge in [0.15, 0.2) is 0 Å². The maximum atomic E-state index is 4.54. The van der Waals surface area contributed by atoms with E-state index < -0.39 is 0 Å². The van der Waals surface area contributed by atoms with Crippen molar-refractivity contribution >= 4 is 10.9 Å². The average molecular weight is 278 g/mol. The Balaban J connectivity index is 1.71. The minimum absolute atomic E-state index is 0.440. The van der Waals surface area contributed by atoms with Crippen LogP contribution in [0.15, 0.2) is 49.1 Å². The molecule has 0 radical (unpaired) electrons. The SMILES string of the molecule is c1cnc2c(Cn3cncc3C3CCCN3)cccc2c1. The van der Waals surface area contributed by atoms with Crippen LogP contribution < -0.4 is 5.32 Å². The second-order valence-electron chi connectivity index (χ2n) is 5.59. The minimum Gasteiger partial charge on any atom is -0.329 e.